The molecule has 28 heavy (non-hydrogen) atoms. The van der Waals surface area contributed by atoms with Crippen LogP contribution in [0.5, 0.6) is 0 Å². The highest BCUT2D eigenvalue weighted by atomic mass is 32.1. The third-order valence-electron chi connectivity index (χ3n) is 5.50. The number of likely N-dealkylation sites (tertiary alicyclic amines) is 1. The summed E-state index contributed by atoms with van der Waals surface area (Å²) in [5.74, 6) is 0.618. The zero-order chi connectivity index (χ0) is 19.3. The van der Waals surface area contributed by atoms with Gasteiger partial charge in [0.1, 0.15) is 5.69 Å². The molecule has 1 aromatic heterocycles. The number of rotatable bonds is 6. The van der Waals surface area contributed by atoms with Crippen molar-refractivity contribution in [2.24, 2.45) is 11.7 Å². The van der Waals surface area contributed by atoms with Crippen molar-refractivity contribution >= 4 is 17.2 Å². The van der Waals surface area contributed by atoms with Crippen molar-refractivity contribution in [3.8, 4) is 0 Å². The Hall–Kier alpha value is -2.50. The van der Waals surface area contributed by atoms with Gasteiger partial charge in [-0.3, -0.25) is 4.79 Å². The molecule has 0 spiro atoms. The van der Waals surface area contributed by atoms with Crippen LogP contribution >= 0.6 is 11.3 Å². The monoisotopic (exact) mass is 391 g/mol. The summed E-state index contributed by atoms with van der Waals surface area (Å²) in [5.41, 5.74) is 9.13. The van der Waals surface area contributed by atoms with Crippen LogP contribution in [-0.4, -0.2) is 35.4 Å². The van der Waals surface area contributed by atoms with Gasteiger partial charge in [-0.05, 0) is 30.0 Å². The first-order valence-corrected chi connectivity index (χ1v) is 10.6. The zero-order valence-corrected chi connectivity index (χ0v) is 16.6. The first-order valence-electron chi connectivity index (χ1n) is 9.77. The summed E-state index contributed by atoms with van der Waals surface area (Å²) in [4.78, 5) is 19.5. The van der Waals surface area contributed by atoms with Crippen molar-refractivity contribution in [3.05, 3.63) is 87.9 Å². The van der Waals surface area contributed by atoms with Gasteiger partial charge in [-0.15, -0.1) is 11.3 Å². The number of nitrogens with two attached hydrogens (primary N) is 1. The molecule has 1 amide bonds. The fourth-order valence-corrected chi connectivity index (χ4v) is 4.71. The lowest BCUT2D eigenvalue weighted by atomic mass is 9.89. The summed E-state index contributed by atoms with van der Waals surface area (Å²) in [6, 6.07) is 20.8. The van der Waals surface area contributed by atoms with Gasteiger partial charge in [0, 0.05) is 30.8 Å². The van der Waals surface area contributed by atoms with Crippen molar-refractivity contribution in [3.63, 3.8) is 0 Å². The van der Waals surface area contributed by atoms with Gasteiger partial charge in [0.05, 0.1) is 5.01 Å². The molecule has 1 fully saturated rings. The van der Waals surface area contributed by atoms with E-state index in [0.29, 0.717) is 37.2 Å². The summed E-state index contributed by atoms with van der Waals surface area (Å²) in [7, 11) is 0. The summed E-state index contributed by atoms with van der Waals surface area (Å²) >= 11 is 1.58. The standard InChI is InChI=1S/C23H25N3OS/c24-13-19-14-26(15-20(19)18-9-5-2-6-10-18)23(27)21-16-28-22(25-21)12-11-17-7-3-1-4-8-17/h1-10,16,19-20H,11-15,24H2/t19-,20+/m1/s1. The molecule has 144 valence electrons. The molecule has 4 rings (SSSR count). The second-order valence-corrected chi connectivity index (χ2v) is 8.28. The number of hydrogen-bond donors (Lipinski definition) is 1. The van der Waals surface area contributed by atoms with E-state index in [-0.39, 0.29) is 5.91 Å². The van der Waals surface area contributed by atoms with Crippen LogP contribution in [0.4, 0.5) is 0 Å². The Kier molecular flexibility index (Phi) is 5.84. The van der Waals surface area contributed by atoms with E-state index in [2.05, 4.69) is 41.4 Å². The number of benzene rings is 2. The molecule has 0 bridgehead atoms. The Morgan fingerprint density at radius 3 is 2.46 bits per heavy atom. The van der Waals surface area contributed by atoms with Crippen LogP contribution in [0.1, 0.15) is 32.5 Å². The highest BCUT2D eigenvalue weighted by Crippen LogP contribution is 2.33. The predicted octanol–water partition coefficient (Wildman–Crippen LogP) is 3.74. The highest BCUT2D eigenvalue weighted by Gasteiger charge is 2.36. The van der Waals surface area contributed by atoms with Gasteiger partial charge in [-0.25, -0.2) is 4.98 Å². The van der Waals surface area contributed by atoms with Crippen LogP contribution < -0.4 is 5.73 Å². The van der Waals surface area contributed by atoms with Crippen LogP contribution in [0.15, 0.2) is 66.0 Å². The van der Waals surface area contributed by atoms with Crippen molar-refractivity contribution in [2.45, 2.75) is 18.8 Å². The molecular weight excluding hydrogens is 366 g/mol. The Labute approximate surface area is 170 Å². The molecule has 0 unspecified atom stereocenters. The minimum Gasteiger partial charge on any atom is -0.336 e. The van der Waals surface area contributed by atoms with Gasteiger partial charge in [0.2, 0.25) is 0 Å². The number of amides is 1. The maximum Gasteiger partial charge on any atom is 0.273 e. The minimum atomic E-state index is 0.0269. The number of carbonyl (C=O) groups excluding carboxylic acids is 1. The molecule has 0 aliphatic carbocycles. The molecule has 4 nitrogen and oxygen atoms in total. The Balaban J connectivity index is 1.41. The smallest absolute Gasteiger partial charge is 0.273 e. The molecule has 2 atom stereocenters. The molecule has 1 aliphatic heterocycles. The Morgan fingerprint density at radius 2 is 1.75 bits per heavy atom. The van der Waals surface area contributed by atoms with E-state index in [0.717, 1.165) is 17.8 Å². The van der Waals surface area contributed by atoms with Gasteiger partial charge in [-0.1, -0.05) is 60.7 Å². The third-order valence-corrected chi connectivity index (χ3v) is 6.41. The third kappa shape index (κ3) is 4.16. The number of thiazole rings is 1. The maximum atomic E-state index is 13.0. The maximum absolute atomic E-state index is 13.0. The second kappa shape index (κ2) is 8.67. The van der Waals surface area contributed by atoms with Crippen molar-refractivity contribution in [1.29, 1.82) is 0 Å². The first-order chi connectivity index (χ1) is 13.7. The molecule has 1 saturated heterocycles. The summed E-state index contributed by atoms with van der Waals surface area (Å²) in [6.07, 6.45) is 1.80. The lowest BCUT2D eigenvalue weighted by Gasteiger charge is -2.16. The zero-order valence-electron chi connectivity index (χ0n) is 15.8. The summed E-state index contributed by atoms with van der Waals surface area (Å²) in [5, 5.41) is 2.91. The first kappa shape index (κ1) is 18.8. The largest absolute Gasteiger partial charge is 0.336 e. The molecule has 5 heteroatoms. The van der Waals surface area contributed by atoms with E-state index in [1.54, 1.807) is 11.3 Å². The van der Waals surface area contributed by atoms with E-state index >= 15 is 0 Å². The fraction of sp³-hybridized carbons (Fsp3) is 0.304. The van der Waals surface area contributed by atoms with Gasteiger partial charge in [0.25, 0.3) is 5.91 Å². The Morgan fingerprint density at radius 1 is 1.04 bits per heavy atom. The van der Waals surface area contributed by atoms with Crippen molar-refractivity contribution in [1.82, 2.24) is 9.88 Å². The Bertz CT molecular complexity index is 910. The molecular formula is C23H25N3OS. The molecule has 2 heterocycles. The second-order valence-electron chi connectivity index (χ2n) is 7.34. The molecule has 2 N–H and O–H groups in total. The number of aromatic nitrogens is 1. The van der Waals surface area contributed by atoms with Crippen LogP contribution in [0.3, 0.4) is 0 Å². The predicted molar refractivity (Wildman–Crippen MR) is 114 cm³/mol. The summed E-state index contributed by atoms with van der Waals surface area (Å²) in [6.45, 7) is 2.00. The lowest BCUT2D eigenvalue weighted by molar-refractivity contribution is 0.0781. The molecule has 0 radical (unpaired) electrons. The SMILES string of the molecule is NC[C@@H]1CN(C(=O)c2csc(CCc3ccccc3)n2)C[C@H]1c1ccccc1. The van der Waals surface area contributed by atoms with Gasteiger partial charge in [-0.2, -0.15) is 0 Å². The van der Waals surface area contributed by atoms with Crippen LogP contribution in [-0.2, 0) is 12.8 Å². The minimum absolute atomic E-state index is 0.0269. The average molecular weight is 392 g/mol. The van der Waals surface area contributed by atoms with Gasteiger partial charge in [0.15, 0.2) is 0 Å². The van der Waals surface area contributed by atoms with Crippen LogP contribution in [0.2, 0.25) is 0 Å². The number of aryl methyl sites for hydroxylation is 2. The number of hydrogen-bond acceptors (Lipinski definition) is 4. The van der Waals surface area contributed by atoms with Crippen molar-refractivity contribution in [2.75, 3.05) is 19.6 Å². The van der Waals surface area contributed by atoms with Crippen LogP contribution in [0.25, 0.3) is 0 Å². The van der Waals surface area contributed by atoms with E-state index in [4.69, 9.17) is 5.73 Å². The number of nitrogens with zero attached hydrogens (tertiary/aromatic N) is 2. The van der Waals surface area contributed by atoms with Crippen LogP contribution in [0, 0.1) is 5.92 Å². The molecule has 3 aromatic rings. The van der Waals surface area contributed by atoms with E-state index in [1.807, 2.05) is 34.5 Å². The molecule has 0 saturated carbocycles. The van der Waals surface area contributed by atoms with Crippen molar-refractivity contribution < 1.29 is 4.79 Å². The molecule has 1 aliphatic rings. The quantitative estimate of drug-likeness (QED) is 0.696. The van der Waals surface area contributed by atoms with Gasteiger partial charge < -0.3 is 10.6 Å². The highest BCUT2D eigenvalue weighted by molar-refractivity contribution is 7.09. The topological polar surface area (TPSA) is 59.2 Å². The average Bonchev–Trinajstić information content (AvgIpc) is 3.40. The fourth-order valence-electron chi connectivity index (χ4n) is 3.94. The normalized spacial score (nSPS) is 19.1. The summed E-state index contributed by atoms with van der Waals surface area (Å²) < 4.78 is 0. The lowest BCUT2D eigenvalue weighted by Crippen LogP contribution is -2.30. The van der Waals surface area contributed by atoms with E-state index in [1.165, 1.54) is 11.1 Å². The number of carbonyl (C=O) groups is 1. The van der Waals surface area contributed by atoms with E-state index in [9.17, 15) is 4.79 Å². The molecule has 2 aromatic carbocycles. The van der Waals surface area contributed by atoms with Gasteiger partial charge >= 0.3 is 0 Å². The van der Waals surface area contributed by atoms with E-state index < -0.39 is 0 Å².